The number of hydrogen-bond donors (Lipinski definition) is 0. The molecule has 1 heterocycles. The molecule has 0 aromatic carbocycles. The number of nitrogens with zero attached hydrogens (tertiary/aromatic N) is 2. The Morgan fingerprint density at radius 2 is 2.00 bits per heavy atom. The van der Waals surface area contributed by atoms with Crippen molar-refractivity contribution in [3.05, 3.63) is 0 Å². The first-order valence-electron chi connectivity index (χ1n) is 4.18. The quantitative estimate of drug-likeness (QED) is 0.553. The third-order valence-corrected chi connectivity index (χ3v) is 2.36. The molecule has 0 saturated carbocycles. The van der Waals surface area contributed by atoms with E-state index in [0.717, 1.165) is 19.1 Å². The molecular formula is C8H17N2. The van der Waals surface area contributed by atoms with E-state index in [-0.39, 0.29) is 0 Å². The van der Waals surface area contributed by atoms with Crippen LogP contribution in [0.25, 0.3) is 0 Å². The first kappa shape index (κ1) is 8.02. The van der Waals surface area contributed by atoms with E-state index >= 15 is 0 Å². The molecule has 1 aliphatic rings. The smallest absolute Gasteiger partial charge is 0.0148 e. The van der Waals surface area contributed by atoms with Gasteiger partial charge in [0.15, 0.2) is 0 Å². The van der Waals surface area contributed by atoms with E-state index < -0.39 is 0 Å². The molecule has 0 spiro atoms. The Kier molecular flexibility index (Phi) is 3.16. The zero-order valence-corrected chi connectivity index (χ0v) is 7.01. The number of rotatable bonds is 2. The predicted octanol–water partition coefficient (Wildman–Crippen LogP) is 0.705. The standard InChI is InChI=1S/C8H17N2/c1-3-10(2)8-4-6-9-7-5-8/h8H,3-7H2,1-2H3. The van der Waals surface area contributed by atoms with Crippen molar-refractivity contribution in [2.24, 2.45) is 0 Å². The summed E-state index contributed by atoms with van der Waals surface area (Å²) in [6.45, 7) is 5.54. The van der Waals surface area contributed by atoms with Crippen LogP contribution in [0.1, 0.15) is 19.8 Å². The molecule has 0 aromatic rings. The lowest BCUT2D eigenvalue weighted by atomic mass is 10.1. The lowest BCUT2D eigenvalue weighted by molar-refractivity contribution is 0.207. The highest BCUT2D eigenvalue weighted by molar-refractivity contribution is 4.74. The summed E-state index contributed by atoms with van der Waals surface area (Å²) < 4.78 is 0. The molecule has 1 radical (unpaired) electrons. The maximum absolute atomic E-state index is 4.32. The Morgan fingerprint density at radius 1 is 1.40 bits per heavy atom. The second-order valence-corrected chi connectivity index (χ2v) is 2.98. The topological polar surface area (TPSA) is 17.3 Å². The van der Waals surface area contributed by atoms with Crippen LogP contribution in [-0.2, 0) is 0 Å². The van der Waals surface area contributed by atoms with E-state index in [9.17, 15) is 0 Å². The van der Waals surface area contributed by atoms with Gasteiger partial charge in [0.25, 0.3) is 0 Å². The predicted molar refractivity (Wildman–Crippen MR) is 43.2 cm³/mol. The van der Waals surface area contributed by atoms with Crippen LogP contribution in [0.15, 0.2) is 0 Å². The van der Waals surface area contributed by atoms with Crippen LogP contribution in [0.2, 0.25) is 0 Å². The molecule has 2 nitrogen and oxygen atoms in total. The fourth-order valence-corrected chi connectivity index (χ4v) is 1.44. The van der Waals surface area contributed by atoms with Gasteiger partial charge in [0.2, 0.25) is 0 Å². The molecular weight excluding hydrogens is 124 g/mol. The number of piperidine rings is 1. The molecule has 0 aliphatic carbocycles. The van der Waals surface area contributed by atoms with E-state index in [4.69, 9.17) is 0 Å². The van der Waals surface area contributed by atoms with E-state index in [1.54, 1.807) is 0 Å². The maximum Gasteiger partial charge on any atom is 0.0148 e. The molecule has 0 aromatic heterocycles. The molecule has 1 aliphatic heterocycles. The highest BCUT2D eigenvalue weighted by Gasteiger charge is 2.16. The average Bonchev–Trinajstić information content (AvgIpc) is 2.05. The van der Waals surface area contributed by atoms with Crippen molar-refractivity contribution in [2.45, 2.75) is 25.8 Å². The van der Waals surface area contributed by atoms with Crippen LogP contribution in [0.4, 0.5) is 0 Å². The molecule has 0 unspecified atom stereocenters. The average molecular weight is 141 g/mol. The largest absolute Gasteiger partial charge is 0.304 e. The molecule has 59 valence electrons. The molecule has 0 atom stereocenters. The van der Waals surface area contributed by atoms with Gasteiger partial charge in [-0.3, -0.25) is 0 Å². The van der Waals surface area contributed by atoms with Gasteiger partial charge < -0.3 is 4.90 Å². The third-order valence-electron chi connectivity index (χ3n) is 2.36. The Morgan fingerprint density at radius 3 is 2.50 bits per heavy atom. The summed E-state index contributed by atoms with van der Waals surface area (Å²) in [4.78, 5) is 2.43. The van der Waals surface area contributed by atoms with Crippen LogP contribution < -0.4 is 5.32 Å². The van der Waals surface area contributed by atoms with Crippen LogP contribution >= 0.6 is 0 Å². The van der Waals surface area contributed by atoms with Crippen molar-refractivity contribution >= 4 is 0 Å². The van der Waals surface area contributed by atoms with Crippen LogP contribution in [0.5, 0.6) is 0 Å². The number of hydrogen-bond acceptors (Lipinski definition) is 1. The third kappa shape index (κ3) is 1.96. The second-order valence-electron chi connectivity index (χ2n) is 2.98. The summed E-state index contributed by atoms with van der Waals surface area (Å²) in [7, 11) is 2.20. The molecule has 0 N–H and O–H groups in total. The van der Waals surface area contributed by atoms with E-state index in [2.05, 4.69) is 24.2 Å². The summed E-state index contributed by atoms with van der Waals surface area (Å²) in [6.07, 6.45) is 2.54. The van der Waals surface area contributed by atoms with Crippen molar-refractivity contribution in [2.75, 3.05) is 26.7 Å². The van der Waals surface area contributed by atoms with Crippen molar-refractivity contribution in [1.82, 2.24) is 10.2 Å². The monoisotopic (exact) mass is 141 g/mol. The molecule has 1 fully saturated rings. The van der Waals surface area contributed by atoms with Gasteiger partial charge in [-0.15, -0.1) is 0 Å². The fraction of sp³-hybridized carbons (Fsp3) is 1.00. The van der Waals surface area contributed by atoms with Gasteiger partial charge in [0, 0.05) is 19.1 Å². The Labute approximate surface area is 63.6 Å². The molecule has 0 amide bonds. The summed E-state index contributed by atoms with van der Waals surface area (Å²) in [5.74, 6) is 0. The summed E-state index contributed by atoms with van der Waals surface area (Å²) in [5.41, 5.74) is 0. The molecule has 0 bridgehead atoms. The minimum absolute atomic E-state index is 0.808. The maximum atomic E-state index is 4.32. The lowest BCUT2D eigenvalue weighted by Gasteiger charge is -2.29. The molecule has 1 rings (SSSR count). The Bertz CT molecular complexity index is 87.3. The molecule has 1 saturated heterocycles. The van der Waals surface area contributed by atoms with Crippen molar-refractivity contribution in [3.8, 4) is 0 Å². The van der Waals surface area contributed by atoms with Gasteiger partial charge >= 0.3 is 0 Å². The first-order valence-corrected chi connectivity index (χ1v) is 4.18. The molecule has 10 heavy (non-hydrogen) atoms. The summed E-state index contributed by atoms with van der Waals surface area (Å²) in [5, 5.41) is 4.32. The van der Waals surface area contributed by atoms with E-state index in [1.807, 2.05) is 0 Å². The van der Waals surface area contributed by atoms with Gasteiger partial charge in [-0.05, 0) is 26.4 Å². The minimum Gasteiger partial charge on any atom is -0.304 e. The summed E-state index contributed by atoms with van der Waals surface area (Å²) >= 11 is 0. The Balaban J connectivity index is 2.24. The van der Waals surface area contributed by atoms with Crippen LogP contribution in [0.3, 0.4) is 0 Å². The first-order chi connectivity index (χ1) is 4.84. The van der Waals surface area contributed by atoms with Gasteiger partial charge in [-0.1, -0.05) is 6.92 Å². The lowest BCUT2D eigenvalue weighted by Crippen LogP contribution is -2.38. The van der Waals surface area contributed by atoms with Gasteiger partial charge in [-0.25, -0.2) is 5.32 Å². The van der Waals surface area contributed by atoms with Crippen LogP contribution in [0, 0.1) is 0 Å². The van der Waals surface area contributed by atoms with Crippen molar-refractivity contribution in [3.63, 3.8) is 0 Å². The van der Waals surface area contributed by atoms with Gasteiger partial charge in [-0.2, -0.15) is 0 Å². The fourth-order valence-electron chi connectivity index (χ4n) is 1.44. The Hall–Kier alpha value is -0.0800. The van der Waals surface area contributed by atoms with Crippen LogP contribution in [-0.4, -0.2) is 37.6 Å². The summed E-state index contributed by atoms with van der Waals surface area (Å²) in [6, 6.07) is 0.808. The van der Waals surface area contributed by atoms with Gasteiger partial charge in [0.1, 0.15) is 0 Å². The highest BCUT2D eigenvalue weighted by atomic mass is 15.1. The SMILES string of the molecule is CCN(C)C1CC[N]CC1. The normalized spacial score (nSPS) is 21.9. The van der Waals surface area contributed by atoms with Gasteiger partial charge in [0.05, 0.1) is 0 Å². The second kappa shape index (κ2) is 3.94. The van der Waals surface area contributed by atoms with E-state index in [1.165, 1.54) is 19.4 Å². The highest BCUT2D eigenvalue weighted by Crippen LogP contribution is 2.09. The van der Waals surface area contributed by atoms with Crippen molar-refractivity contribution in [1.29, 1.82) is 0 Å². The van der Waals surface area contributed by atoms with E-state index in [0.29, 0.717) is 0 Å². The van der Waals surface area contributed by atoms with Crippen molar-refractivity contribution < 1.29 is 0 Å². The zero-order chi connectivity index (χ0) is 7.40. The molecule has 2 heteroatoms. The minimum atomic E-state index is 0.808. The zero-order valence-electron chi connectivity index (χ0n) is 7.01.